The molecule has 2 atom stereocenters. The number of rotatable bonds is 10. The minimum atomic E-state index is -0.498. The Morgan fingerprint density at radius 3 is 1.90 bits per heavy atom. The molecule has 0 saturated heterocycles. The Morgan fingerprint density at radius 2 is 1.48 bits per heavy atom. The van der Waals surface area contributed by atoms with Crippen LogP contribution in [0.4, 0.5) is 4.79 Å². The summed E-state index contributed by atoms with van der Waals surface area (Å²) >= 11 is 0. The third kappa shape index (κ3) is 33.0. The second kappa shape index (κ2) is 30.4. The van der Waals surface area contributed by atoms with Crippen molar-refractivity contribution < 1.29 is 45.3 Å². The molecule has 8 heteroatoms. The fourth-order valence-corrected chi connectivity index (χ4v) is 2.01. The van der Waals surface area contributed by atoms with Crippen LogP contribution in [-0.2, 0) is 40.5 Å². The smallest absolute Gasteiger partial charge is 0 e. The van der Waals surface area contributed by atoms with E-state index in [4.69, 9.17) is 23.4 Å². The number of hydrogen-bond acceptors (Lipinski definition) is 3. The predicted molar refractivity (Wildman–Crippen MR) is 113 cm³/mol. The molecule has 176 valence electrons. The largest absolute Gasteiger partial charge is 0 e. The van der Waals surface area contributed by atoms with Crippen molar-refractivity contribution in [1.82, 2.24) is 5.32 Å². The summed E-state index contributed by atoms with van der Waals surface area (Å²) < 4.78 is 33.2. The zero-order chi connectivity index (χ0) is 24.4. The second-order valence-corrected chi connectivity index (χ2v) is 6.83. The van der Waals surface area contributed by atoms with E-state index in [2.05, 4.69) is 44.3 Å². The van der Waals surface area contributed by atoms with E-state index in [1.807, 2.05) is 52.0 Å². The van der Waals surface area contributed by atoms with Gasteiger partial charge in [-0.15, -0.1) is 0 Å². The monoisotopic (exact) mass is 477 g/mol. The molecule has 1 N–H and O–H groups in total. The maximum atomic E-state index is 11.8. The fourth-order valence-electron chi connectivity index (χ4n) is 2.01. The second-order valence-electron chi connectivity index (χ2n) is 6.83. The molecule has 0 rings (SSSR count). The van der Waals surface area contributed by atoms with E-state index in [1.54, 1.807) is 7.11 Å². The summed E-state index contributed by atoms with van der Waals surface area (Å²) in [6.07, 6.45) is 16.1. The Morgan fingerprint density at radius 1 is 1.00 bits per heavy atom. The van der Waals surface area contributed by atoms with Gasteiger partial charge in [-0.1, -0.05) is 56.2 Å². The van der Waals surface area contributed by atoms with Crippen molar-refractivity contribution in [2.75, 3.05) is 7.11 Å². The van der Waals surface area contributed by atoms with Crippen molar-refractivity contribution in [3.8, 4) is 0 Å². The molecule has 0 fully saturated rings. The van der Waals surface area contributed by atoms with Crippen molar-refractivity contribution in [3.05, 3.63) is 56.4 Å². The fraction of sp³-hybridized carbons (Fsp3) is 0.565. The number of ether oxygens (including phenoxy) is 2. The van der Waals surface area contributed by atoms with Gasteiger partial charge in [0.1, 0.15) is 5.60 Å². The Hall–Kier alpha value is -1.81. The van der Waals surface area contributed by atoms with Crippen molar-refractivity contribution >= 4 is 6.09 Å². The van der Waals surface area contributed by atoms with Gasteiger partial charge in [-0.25, -0.2) is 4.79 Å². The maximum absolute atomic E-state index is 11.8. The molecule has 0 aromatic heterocycles. The first-order valence-electron chi connectivity index (χ1n) is 9.42. The van der Waals surface area contributed by atoms with Gasteiger partial charge in [-0.3, -0.25) is 0 Å². The molecule has 0 radical (unpaired) electrons. The molecule has 0 heterocycles. The average molecular weight is 477 g/mol. The molecule has 0 aliphatic rings. The molecule has 1 amide bonds. The van der Waals surface area contributed by atoms with Gasteiger partial charge in [-0.05, 0) is 40.5 Å². The quantitative estimate of drug-likeness (QED) is 0.156. The molecule has 31 heavy (non-hydrogen) atoms. The summed E-state index contributed by atoms with van der Waals surface area (Å²) in [5.41, 5.74) is -0.498. The van der Waals surface area contributed by atoms with E-state index in [-0.39, 0.29) is 29.2 Å². The van der Waals surface area contributed by atoms with Crippen molar-refractivity contribution in [2.45, 2.75) is 78.0 Å². The van der Waals surface area contributed by atoms with E-state index >= 15 is 0 Å². The van der Waals surface area contributed by atoms with Crippen molar-refractivity contribution in [3.63, 3.8) is 0 Å². The normalized spacial score (nSPS) is 12.0. The number of nitrogens with one attached hydrogen (secondary N) is 1. The third-order valence-corrected chi connectivity index (χ3v) is 3.30. The van der Waals surface area contributed by atoms with Gasteiger partial charge in [0.15, 0.2) is 0 Å². The maximum Gasteiger partial charge on any atom is 0 e. The number of methoxy groups -OCH3 is 1. The zero-order valence-electron chi connectivity index (χ0n) is 19.3. The number of unbranched alkanes of at least 4 members (excludes halogenated alkanes) is 2. The van der Waals surface area contributed by atoms with Crippen molar-refractivity contribution in [2.24, 2.45) is 0 Å². The van der Waals surface area contributed by atoms with Crippen LogP contribution in [0, 0.1) is 20.0 Å². The Labute approximate surface area is 198 Å². The van der Waals surface area contributed by atoms with Gasteiger partial charge in [0.2, 0.25) is 0 Å². The minimum absolute atomic E-state index is 0. The van der Waals surface area contributed by atoms with Gasteiger partial charge in [-0.2, -0.15) is 0 Å². The van der Waals surface area contributed by atoms with Crippen LogP contribution < -0.4 is 5.32 Å². The number of carbonyl (C=O) groups is 1. The summed E-state index contributed by atoms with van der Waals surface area (Å²) in [4.78, 5) is 11.8. The van der Waals surface area contributed by atoms with Gasteiger partial charge in [0.05, 0.1) is 12.1 Å². The van der Waals surface area contributed by atoms with Crippen LogP contribution in [0.15, 0.2) is 36.5 Å². The number of amides is 1. The summed E-state index contributed by atoms with van der Waals surface area (Å²) in [7, 11) is 1.65. The molecule has 0 aromatic rings. The molecule has 0 saturated carbocycles. The van der Waals surface area contributed by atoms with E-state index in [0.29, 0.717) is 0 Å². The molecule has 0 bridgehead atoms. The molecule has 0 unspecified atom stereocenters. The minimum Gasteiger partial charge on any atom is 0 e. The van der Waals surface area contributed by atoms with Crippen LogP contribution in [0.3, 0.4) is 0 Å². The number of carbonyl (C=O) groups excluding carboxylic acids is 1. The molecule has 0 aromatic carbocycles. The number of alkyl carbamates (subject to hydrolysis) is 1. The SMILES string of the molecule is CCCC/C=C/C=C/C=C/C[C@H](OC)[C@@H](C)NC(=O)OC(C)(C)C.[C-]#[O+].[C-]#[O+].[C-]#[O+].[Fe]. The molecule has 0 spiro atoms. The first-order valence-corrected chi connectivity index (χ1v) is 9.42. The van der Waals surface area contributed by atoms with Crippen LogP contribution in [0.25, 0.3) is 0 Å². The Kier molecular flexibility index (Phi) is 38.9. The van der Waals surface area contributed by atoms with E-state index in [1.165, 1.54) is 12.8 Å². The number of allylic oxidation sites excluding steroid dienone is 5. The Bertz CT molecular complexity index is 530. The predicted octanol–water partition coefficient (Wildman–Crippen LogP) is 5.05. The topological polar surface area (TPSA) is 107 Å². The van der Waals surface area contributed by atoms with Gasteiger partial charge >= 0.3 is 40.0 Å². The van der Waals surface area contributed by atoms with Crippen LogP contribution in [0.1, 0.15) is 60.3 Å². The molecule has 7 nitrogen and oxygen atoms in total. The number of hydrogen-bond donors (Lipinski definition) is 1. The summed E-state index contributed by atoms with van der Waals surface area (Å²) in [6.45, 7) is 23.1. The molecular formula is C23H35FeNO6. The molecule has 0 aliphatic heterocycles. The third-order valence-electron chi connectivity index (χ3n) is 3.30. The van der Waals surface area contributed by atoms with Crippen LogP contribution >= 0.6 is 0 Å². The van der Waals surface area contributed by atoms with Crippen LogP contribution in [0.2, 0.25) is 0 Å². The van der Waals surface area contributed by atoms with E-state index in [0.717, 1.165) is 12.8 Å². The standard InChI is InChI=1S/C20H35NO3.3CO.Fe/c1-7-8-9-10-11-12-13-14-15-16-18(23-6)17(2)21-19(22)24-20(3,4)5;3*1-2;/h10-15,17-18H,7-9,16H2,1-6H3,(H,21,22);;;;/b11-10+,13-12+,15-14+;;;;/t17-,18+;;;;/m1..../s1. The average Bonchev–Trinajstić information content (AvgIpc) is 2.72. The molecule has 0 aliphatic carbocycles. The summed E-state index contributed by atoms with van der Waals surface area (Å²) in [6, 6.07) is -0.132. The summed E-state index contributed by atoms with van der Waals surface area (Å²) in [5, 5.41) is 2.82. The molecular weight excluding hydrogens is 442 g/mol. The van der Waals surface area contributed by atoms with Crippen LogP contribution in [-0.4, -0.2) is 30.9 Å². The Balaban J connectivity index is -0.000000294. The van der Waals surface area contributed by atoms with E-state index in [9.17, 15) is 4.79 Å². The zero-order valence-corrected chi connectivity index (χ0v) is 20.4. The van der Waals surface area contributed by atoms with Crippen molar-refractivity contribution in [1.29, 1.82) is 0 Å². The van der Waals surface area contributed by atoms with Gasteiger partial charge in [0.25, 0.3) is 0 Å². The first kappa shape index (κ1) is 39.6. The van der Waals surface area contributed by atoms with E-state index < -0.39 is 11.7 Å². The van der Waals surface area contributed by atoms with Gasteiger partial charge in [0, 0.05) is 24.2 Å². The van der Waals surface area contributed by atoms with Gasteiger partial charge < -0.3 is 14.8 Å². The summed E-state index contributed by atoms with van der Waals surface area (Å²) in [5.74, 6) is 0. The first-order chi connectivity index (χ1) is 14.3. The van der Waals surface area contributed by atoms with Crippen LogP contribution in [0.5, 0.6) is 0 Å².